The fraction of sp³-hybridized carbons (Fsp3) is 0.583. The molecule has 0 radical (unpaired) electrons. The molecule has 0 saturated carbocycles. The first-order chi connectivity index (χ1) is 9.73. The third-order valence-corrected chi connectivity index (χ3v) is 3.70. The number of aliphatic carboxylic acids is 1. The third-order valence-electron chi connectivity index (χ3n) is 3.70. The Labute approximate surface area is 120 Å². The average Bonchev–Trinajstić information content (AvgIpc) is 3.07. The molecule has 1 fully saturated rings. The Bertz CT molecular complexity index is 594. The highest BCUT2D eigenvalue weighted by atomic mass is 16.6. The normalized spacial score (nSPS) is 18.8. The Hall–Kier alpha value is -2.45. The summed E-state index contributed by atoms with van der Waals surface area (Å²) in [4.78, 5) is 35.0. The molecule has 1 saturated heterocycles. The largest absolute Gasteiger partial charge is 0.481 e. The Kier molecular flexibility index (Phi) is 3.67. The van der Waals surface area contributed by atoms with Gasteiger partial charge >= 0.3 is 11.7 Å². The van der Waals surface area contributed by atoms with E-state index in [0.717, 1.165) is 6.20 Å². The quantitative estimate of drug-likeness (QED) is 0.637. The molecule has 1 atom stereocenters. The number of carbonyl (C=O) groups excluding carboxylic acids is 1. The minimum Gasteiger partial charge on any atom is -0.481 e. The maximum atomic E-state index is 12.5. The van der Waals surface area contributed by atoms with E-state index in [4.69, 9.17) is 5.11 Å². The minimum absolute atomic E-state index is 0.154. The van der Waals surface area contributed by atoms with Crippen LogP contribution in [-0.2, 0) is 15.1 Å². The van der Waals surface area contributed by atoms with E-state index >= 15 is 0 Å². The van der Waals surface area contributed by atoms with Crippen LogP contribution in [0.3, 0.4) is 0 Å². The summed E-state index contributed by atoms with van der Waals surface area (Å²) in [7, 11) is 0. The molecule has 1 aliphatic rings. The highest BCUT2D eigenvalue weighted by Gasteiger charge is 2.40. The van der Waals surface area contributed by atoms with Crippen molar-refractivity contribution in [2.75, 3.05) is 13.1 Å². The van der Waals surface area contributed by atoms with E-state index in [1.807, 2.05) is 0 Å². The summed E-state index contributed by atoms with van der Waals surface area (Å²) in [6.07, 6.45) is 2.69. The summed E-state index contributed by atoms with van der Waals surface area (Å²) >= 11 is 0. The molecule has 1 N–H and O–H groups in total. The zero-order chi connectivity index (χ0) is 15.8. The van der Waals surface area contributed by atoms with Crippen LogP contribution in [0.25, 0.3) is 0 Å². The lowest BCUT2D eigenvalue weighted by Gasteiger charge is -2.29. The number of hydrogen-bond donors (Lipinski definition) is 1. The second kappa shape index (κ2) is 5.15. The van der Waals surface area contributed by atoms with Gasteiger partial charge in [0.05, 0.1) is 10.8 Å². The van der Waals surface area contributed by atoms with Crippen molar-refractivity contribution in [2.24, 2.45) is 5.92 Å². The highest BCUT2D eigenvalue weighted by molar-refractivity contribution is 5.85. The average molecular weight is 296 g/mol. The van der Waals surface area contributed by atoms with Gasteiger partial charge in [-0.2, -0.15) is 5.10 Å². The third kappa shape index (κ3) is 2.71. The monoisotopic (exact) mass is 296 g/mol. The lowest BCUT2D eigenvalue weighted by molar-refractivity contribution is -0.385. The van der Waals surface area contributed by atoms with Gasteiger partial charge in [0, 0.05) is 13.1 Å². The fourth-order valence-corrected chi connectivity index (χ4v) is 2.34. The number of carboxylic acids is 1. The number of amides is 1. The van der Waals surface area contributed by atoms with E-state index in [0.29, 0.717) is 13.0 Å². The first-order valence-corrected chi connectivity index (χ1v) is 6.45. The maximum Gasteiger partial charge on any atom is 0.308 e. The van der Waals surface area contributed by atoms with E-state index in [-0.39, 0.29) is 18.1 Å². The number of aromatic nitrogens is 2. The molecule has 1 amide bonds. The van der Waals surface area contributed by atoms with Crippen LogP contribution in [0, 0.1) is 16.0 Å². The Morgan fingerprint density at radius 1 is 1.52 bits per heavy atom. The maximum absolute atomic E-state index is 12.5. The van der Waals surface area contributed by atoms with Gasteiger partial charge in [0.2, 0.25) is 5.91 Å². The Morgan fingerprint density at radius 2 is 2.19 bits per heavy atom. The first-order valence-electron chi connectivity index (χ1n) is 6.45. The molecule has 2 heterocycles. The predicted molar refractivity (Wildman–Crippen MR) is 70.5 cm³/mol. The zero-order valence-electron chi connectivity index (χ0n) is 11.7. The second-order valence-electron chi connectivity index (χ2n) is 5.53. The van der Waals surface area contributed by atoms with Gasteiger partial charge in [0.25, 0.3) is 0 Å². The number of nitrogens with zero attached hydrogens (tertiary/aromatic N) is 4. The van der Waals surface area contributed by atoms with E-state index in [2.05, 4.69) is 5.10 Å². The first kappa shape index (κ1) is 14.9. The van der Waals surface area contributed by atoms with Crippen LogP contribution in [0.15, 0.2) is 12.4 Å². The molecule has 0 aromatic carbocycles. The van der Waals surface area contributed by atoms with Crippen molar-refractivity contribution in [3.05, 3.63) is 22.5 Å². The van der Waals surface area contributed by atoms with Crippen LogP contribution in [0.5, 0.6) is 0 Å². The van der Waals surface area contributed by atoms with Crippen molar-refractivity contribution >= 4 is 17.6 Å². The predicted octanol–water partition coefficient (Wildman–Crippen LogP) is 0.459. The Balaban J connectivity index is 2.16. The summed E-state index contributed by atoms with van der Waals surface area (Å²) in [5, 5.41) is 23.5. The van der Waals surface area contributed by atoms with Crippen LogP contribution in [-0.4, -0.2) is 49.7 Å². The summed E-state index contributed by atoms with van der Waals surface area (Å²) in [6, 6.07) is 0. The number of hydrogen-bond acceptors (Lipinski definition) is 5. The molecule has 9 nitrogen and oxygen atoms in total. The lowest BCUT2D eigenvalue weighted by atomic mass is 10.0. The summed E-state index contributed by atoms with van der Waals surface area (Å²) in [5.74, 6) is -1.78. The molecule has 21 heavy (non-hydrogen) atoms. The van der Waals surface area contributed by atoms with Crippen molar-refractivity contribution in [2.45, 2.75) is 25.8 Å². The van der Waals surface area contributed by atoms with Crippen LogP contribution in [0.4, 0.5) is 5.69 Å². The summed E-state index contributed by atoms with van der Waals surface area (Å²) in [5.41, 5.74) is -1.30. The molecule has 114 valence electrons. The number of likely N-dealkylation sites (tertiary alicyclic amines) is 1. The van der Waals surface area contributed by atoms with Gasteiger partial charge in [-0.15, -0.1) is 0 Å². The SMILES string of the molecule is CC(C)(C(=O)N1CCC(C(=O)O)C1)n1cc([N+](=O)[O-])cn1. The molecule has 0 aliphatic carbocycles. The van der Waals surface area contributed by atoms with Crippen LogP contribution in [0.1, 0.15) is 20.3 Å². The number of carbonyl (C=O) groups is 2. The van der Waals surface area contributed by atoms with Crippen LogP contribution < -0.4 is 0 Å². The molecule has 0 bridgehead atoms. The lowest BCUT2D eigenvalue weighted by Crippen LogP contribution is -2.46. The van der Waals surface area contributed by atoms with Gasteiger partial charge in [-0.05, 0) is 20.3 Å². The van der Waals surface area contributed by atoms with E-state index in [1.165, 1.54) is 15.8 Å². The van der Waals surface area contributed by atoms with Gasteiger partial charge in [0.1, 0.15) is 17.9 Å². The molecular formula is C12H16N4O5. The van der Waals surface area contributed by atoms with Crippen molar-refractivity contribution < 1.29 is 19.6 Å². The molecule has 2 rings (SSSR count). The van der Waals surface area contributed by atoms with Gasteiger partial charge in [-0.1, -0.05) is 0 Å². The highest BCUT2D eigenvalue weighted by Crippen LogP contribution is 2.25. The van der Waals surface area contributed by atoms with E-state index < -0.39 is 22.3 Å². The van der Waals surface area contributed by atoms with Crippen molar-refractivity contribution in [1.82, 2.24) is 14.7 Å². The van der Waals surface area contributed by atoms with Gasteiger partial charge in [-0.25, -0.2) is 0 Å². The molecule has 1 aliphatic heterocycles. The smallest absolute Gasteiger partial charge is 0.308 e. The Morgan fingerprint density at radius 3 is 2.67 bits per heavy atom. The van der Waals surface area contributed by atoms with Crippen molar-refractivity contribution in [1.29, 1.82) is 0 Å². The van der Waals surface area contributed by atoms with E-state index in [9.17, 15) is 19.7 Å². The summed E-state index contributed by atoms with van der Waals surface area (Å²) in [6.45, 7) is 3.71. The fourth-order valence-electron chi connectivity index (χ4n) is 2.34. The molecule has 9 heteroatoms. The second-order valence-corrected chi connectivity index (χ2v) is 5.53. The van der Waals surface area contributed by atoms with E-state index in [1.54, 1.807) is 13.8 Å². The van der Waals surface area contributed by atoms with Gasteiger partial charge in [-0.3, -0.25) is 24.4 Å². The zero-order valence-corrected chi connectivity index (χ0v) is 11.7. The van der Waals surface area contributed by atoms with Crippen LogP contribution in [0.2, 0.25) is 0 Å². The number of rotatable bonds is 4. The molecule has 0 spiro atoms. The van der Waals surface area contributed by atoms with Gasteiger partial charge < -0.3 is 10.0 Å². The summed E-state index contributed by atoms with van der Waals surface area (Å²) < 4.78 is 1.24. The topological polar surface area (TPSA) is 119 Å². The molecule has 1 unspecified atom stereocenters. The van der Waals surface area contributed by atoms with Crippen molar-refractivity contribution in [3.63, 3.8) is 0 Å². The minimum atomic E-state index is -1.11. The molecule has 1 aromatic rings. The van der Waals surface area contributed by atoms with Gasteiger partial charge in [0.15, 0.2) is 0 Å². The van der Waals surface area contributed by atoms with Crippen LogP contribution >= 0.6 is 0 Å². The molecular weight excluding hydrogens is 280 g/mol. The molecule has 1 aromatic heterocycles. The standard InChI is InChI=1S/C12H16N4O5/c1-12(2,15-7-9(5-13-15)16(20)21)11(19)14-4-3-8(6-14)10(17)18/h5,7-8H,3-4,6H2,1-2H3,(H,17,18). The van der Waals surface area contributed by atoms with Crippen molar-refractivity contribution in [3.8, 4) is 0 Å². The number of carboxylic acid groups (broad SMARTS) is 1. The number of nitro groups is 1.